The van der Waals surface area contributed by atoms with Gasteiger partial charge in [-0.2, -0.15) is 0 Å². The van der Waals surface area contributed by atoms with Gasteiger partial charge in [-0.05, 0) is 0 Å². The molecule has 1 saturated carbocycles. The normalized spacial score (nSPS) is 81.8. The molecule has 3 aliphatic heterocycles. The summed E-state index contributed by atoms with van der Waals surface area (Å²) in [5.41, 5.74) is 0. The van der Waals surface area contributed by atoms with Crippen LogP contribution in [0.2, 0.25) is 0 Å². The van der Waals surface area contributed by atoms with Crippen LogP contribution in [-0.4, -0.2) is 48.0 Å². The van der Waals surface area contributed by atoms with E-state index in [0.717, 1.165) is 36.3 Å². The van der Waals surface area contributed by atoms with E-state index in [-0.39, 0.29) is 0 Å². The van der Waals surface area contributed by atoms with Crippen LogP contribution >= 0.6 is 48.4 Å². The molecule has 0 unspecified atom stereocenters. The SMILES string of the molecule is BrN1C2C3C(C4C(C21)N4Br)N3Br. The molecule has 0 aromatic heterocycles. The fraction of sp³-hybridized carbons (Fsp3) is 1.00. The molecule has 4 aliphatic rings. The van der Waals surface area contributed by atoms with E-state index in [2.05, 4.69) is 60.2 Å². The maximum atomic E-state index is 3.60. The molecule has 0 atom stereocenters. The van der Waals surface area contributed by atoms with E-state index >= 15 is 0 Å². The van der Waals surface area contributed by atoms with Crippen molar-refractivity contribution in [3.8, 4) is 0 Å². The highest BCUT2D eigenvalue weighted by Gasteiger charge is 2.81. The largest absolute Gasteiger partial charge is 0.230 e. The zero-order valence-electron chi connectivity index (χ0n) is 5.94. The van der Waals surface area contributed by atoms with Crippen molar-refractivity contribution in [1.82, 2.24) is 11.8 Å². The minimum absolute atomic E-state index is 0.748. The Bertz CT molecular complexity index is 196. The lowest BCUT2D eigenvalue weighted by Gasteiger charge is -1.94. The first-order valence-corrected chi connectivity index (χ1v) is 6.18. The fourth-order valence-corrected chi connectivity index (χ4v) is 5.40. The molecule has 0 bridgehead atoms. The van der Waals surface area contributed by atoms with Gasteiger partial charge >= 0.3 is 0 Å². The second kappa shape index (κ2) is 1.97. The lowest BCUT2D eigenvalue weighted by atomic mass is 10.0. The molecule has 4 rings (SSSR count). The molecule has 0 spiro atoms. The molecule has 0 radical (unpaired) electrons. The number of hydrogen-bond donors (Lipinski definition) is 0. The van der Waals surface area contributed by atoms with Gasteiger partial charge < -0.3 is 0 Å². The zero-order valence-corrected chi connectivity index (χ0v) is 10.7. The maximum Gasteiger partial charge on any atom is 0.0572 e. The molecule has 12 heavy (non-hydrogen) atoms. The number of rotatable bonds is 0. The van der Waals surface area contributed by atoms with Gasteiger partial charge in [0.2, 0.25) is 0 Å². The molecule has 3 saturated heterocycles. The third kappa shape index (κ3) is 0.642. The molecule has 3 nitrogen and oxygen atoms in total. The van der Waals surface area contributed by atoms with Crippen molar-refractivity contribution >= 4 is 48.4 Å². The van der Waals surface area contributed by atoms with Gasteiger partial charge in [0.05, 0.1) is 36.3 Å². The van der Waals surface area contributed by atoms with E-state index < -0.39 is 0 Å². The van der Waals surface area contributed by atoms with Gasteiger partial charge in [0.25, 0.3) is 0 Å². The molecule has 3 heterocycles. The summed E-state index contributed by atoms with van der Waals surface area (Å²) in [7, 11) is 0. The van der Waals surface area contributed by atoms with Crippen LogP contribution in [0.5, 0.6) is 0 Å². The minimum Gasteiger partial charge on any atom is -0.230 e. The number of hydrogen-bond acceptors (Lipinski definition) is 3. The summed E-state index contributed by atoms with van der Waals surface area (Å²) in [6.45, 7) is 0. The molecular formula is C6H6Br3N3. The molecule has 1 aliphatic carbocycles. The van der Waals surface area contributed by atoms with E-state index in [1.807, 2.05) is 0 Å². The van der Waals surface area contributed by atoms with Crippen LogP contribution in [0.1, 0.15) is 0 Å². The number of halogens is 3. The van der Waals surface area contributed by atoms with Crippen LogP contribution in [-0.2, 0) is 0 Å². The Morgan fingerprint density at radius 3 is 0.833 bits per heavy atom. The van der Waals surface area contributed by atoms with Gasteiger partial charge in [-0.3, -0.25) is 0 Å². The molecule has 0 aromatic rings. The molecule has 0 aromatic carbocycles. The van der Waals surface area contributed by atoms with Crippen molar-refractivity contribution in [1.29, 1.82) is 0 Å². The summed E-state index contributed by atoms with van der Waals surface area (Å²) in [6, 6.07) is 4.49. The predicted octanol–water partition coefficient (Wildman–Crippen LogP) is 1.09. The van der Waals surface area contributed by atoms with Crippen molar-refractivity contribution in [2.45, 2.75) is 36.3 Å². The summed E-state index contributed by atoms with van der Waals surface area (Å²) < 4.78 is 6.95. The lowest BCUT2D eigenvalue weighted by Crippen LogP contribution is -2.20. The Kier molecular flexibility index (Phi) is 1.25. The van der Waals surface area contributed by atoms with Gasteiger partial charge in [0.1, 0.15) is 0 Å². The van der Waals surface area contributed by atoms with Crippen molar-refractivity contribution in [2.75, 3.05) is 0 Å². The van der Waals surface area contributed by atoms with E-state index in [1.165, 1.54) is 0 Å². The van der Waals surface area contributed by atoms with Crippen molar-refractivity contribution < 1.29 is 0 Å². The second-order valence-electron chi connectivity index (χ2n) is 3.98. The minimum atomic E-state index is 0.748. The highest BCUT2D eigenvalue weighted by atomic mass is 79.9. The highest BCUT2D eigenvalue weighted by Crippen LogP contribution is 2.64. The van der Waals surface area contributed by atoms with Gasteiger partial charge in [0.15, 0.2) is 0 Å². The maximum absolute atomic E-state index is 3.60. The highest BCUT2D eigenvalue weighted by molar-refractivity contribution is 9.08. The molecule has 66 valence electrons. The average molecular weight is 360 g/mol. The standard InChI is InChI=1S/C6H6Br3N3/c7-10-1-2(10)4-6(12(4)9)5-3(1)11(5)8/h1-6H. The zero-order chi connectivity index (χ0) is 8.20. The molecule has 0 amide bonds. The van der Waals surface area contributed by atoms with E-state index in [9.17, 15) is 0 Å². The first kappa shape index (κ1) is 7.59. The smallest absolute Gasteiger partial charge is 0.0572 e. The summed E-state index contributed by atoms with van der Waals surface area (Å²) >= 11 is 10.8. The Morgan fingerprint density at radius 2 is 0.667 bits per heavy atom. The van der Waals surface area contributed by atoms with E-state index in [4.69, 9.17) is 0 Å². The monoisotopic (exact) mass is 357 g/mol. The van der Waals surface area contributed by atoms with Gasteiger partial charge in [-0.1, -0.05) is 0 Å². The van der Waals surface area contributed by atoms with Crippen LogP contribution in [0, 0.1) is 0 Å². The van der Waals surface area contributed by atoms with E-state index in [0.29, 0.717) is 0 Å². The van der Waals surface area contributed by atoms with Crippen molar-refractivity contribution in [3.05, 3.63) is 0 Å². The Morgan fingerprint density at radius 1 is 0.500 bits per heavy atom. The molecular weight excluding hydrogens is 354 g/mol. The Balaban J connectivity index is 1.74. The van der Waals surface area contributed by atoms with Crippen molar-refractivity contribution in [3.63, 3.8) is 0 Å². The van der Waals surface area contributed by atoms with Crippen LogP contribution in [0.15, 0.2) is 0 Å². The first-order chi connectivity index (χ1) is 5.73. The third-order valence-corrected chi connectivity index (χ3v) is 6.38. The third-order valence-electron chi connectivity index (χ3n) is 3.54. The fourth-order valence-electron chi connectivity index (χ4n) is 2.81. The average Bonchev–Trinajstić information content (AvgIpc) is 2.92. The summed E-state index contributed by atoms with van der Waals surface area (Å²) in [6.07, 6.45) is 0. The van der Waals surface area contributed by atoms with E-state index in [1.54, 1.807) is 0 Å². The molecule has 4 fully saturated rings. The van der Waals surface area contributed by atoms with Crippen LogP contribution < -0.4 is 0 Å². The quantitative estimate of drug-likeness (QED) is 0.473. The van der Waals surface area contributed by atoms with Crippen molar-refractivity contribution in [2.24, 2.45) is 0 Å². The second-order valence-corrected chi connectivity index (χ2v) is 6.43. The summed E-state index contributed by atoms with van der Waals surface area (Å²) in [5.74, 6) is 0. The number of nitrogens with zero attached hydrogens (tertiary/aromatic N) is 3. The van der Waals surface area contributed by atoms with Gasteiger partial charge in [-0.15, -0.1) is 0 Å². The summed E-state index contributed by atoms with van der Waals surface area (Å²) in [4.78, 5) is 0. The predicted molar refractivity (Wildman–Crippen MR) is 55.0 cm³/mol. The topological polar surface area (TPSA) is 9.03 Å². The Hall–Kier alpha value is 1.32. The molecule has 6 heteroatoms. The first-order valence-electron chi connectivity index (χ1n) is 4.06. The lowest BCUT2D eigenvalue weighted by molar-refractivity contribution is 0.723. The summed E-state index contributed by atoms with van der Waals surface area (Å²) in [5, 5.41) is 0. The Labute approximate surface area is 96.1 Å². The number of fused-ring (bicyclic) bond motifs is 6. The van der Waals surface area contributed by atoms with Gasteiger partial charge in [-0.25, -0.2) is 11.8 Å². The van der Waals surface area contributed by atoms with Crippen LogP contribution in [0.25, 0.3) is 0 Å². The van der Waals surface area contributed by atoms with Crippen LogP contribution in [0.4, 0.5) is 0 Å². The molecule has 0 N–H and O–H groups in total. The van der Waals surface area contributed by atoms with Gasteiger partial charge in [0, 0.05) is 48.4 Å². The van der Waals surface area contributed by atoms with Crippen LogP contribution in [0.3, 0.4) is 0 Å².